The van der Waals surface area contributed by atoms with Crippen LogP contribution in [0, 0.1) is 0 Å². The highest BCUT2D eigenvalue weighted by atomic mass is 32.1. The van der Waals surface area contributed by atoms with E-state index in [2.05, 4.69) is 10.1 Å². The van der Waals surface area contributed by atoms with Gasteiger partial charge in [0, 0.05) is 18.5 Å². The van der Waals surface area contributed by atoms with Gasteiger partial charge in [-0.3, -0.25) is 0 Å². The van der Waals surface area contributed by atoms with Crippen molar-refractivity contribution in [3.05, 3.63) is 71.3 Å². The summed E-state index contributed by atoms with van der Waals surface area (Å²) in [6.45, 7) is 0. The van der Waals surface area contributed by atoms with Crippen LogP contribution >= 0.6 is 22.7 Å². The second kappa shape index (κ2) is 6.32. The molecule has 0 saturated heterocycles. The maximum absolute atomic E-state index is 13.7. The summed E-state index contributed by atoms with van der Waals surface area (Å²) in [5.41, 5.74) is 0.940. The minimum Gasteiger partial charge on any atom is -0.322 e. The number of alkyl halides is 3. The van der Waals surface area contributed by atoms with Crippen LogP contribution in [0.3, 0.4) is 0 Å². The van der Waals surface area contributed by atoms with Crippen molar-refractivity contribution in [2.75, 3.05) is 0 Å². The standard InChI is InChI=1S/C19H11F3N4S2/c20-19(21,22)16-10-12(15-4-3-8-27-15)23-17-11-13(24-26(16)17)18-14(5-9-28-18)25-6-1-2-7-25/h1-11H. The van der Waals surface area contributed by atoms with Crippen molar-refractivity contribution in [1.29, 1.82) is 0 Å². The maximum Gasteiger partial charge on any atom is 0.433 e. The van der Waals surface area contributed by atoms with Gasteiger partial charge in [-0.1, -0.05) is 6.07 Å². The predicted octanol–water partition coefficient (Wildman–Crippen LogP) is 6.00. The topological polar surface area (TPSA) is 35.1 Å². The molecule has 5 aromatic heterocycles. The highest BCUT2D eigenvalue weighted by molar-refractivity contribution is 7.14. The number of rotatable bonds is 3. The summed E-state index contributed by atoms with van der Waals surface area (Å²) < 4.78 is 43.9. The van der Waals surface area contributed by atoms with Gasteiger partial charge in [-0.25, -0.2) is 9.50 Å². The molecule has 0 atom stereocenters. The number of halogens is 3. The molecule has 4 nitrogen and oxygen atoms in total. The lowest BCUT2D eigenvalue weighted by molar-refractivity contribution is -0.142. The summed E-state index contributed by atoms with van der Waals surface area (Å²) in [5.74, 6) is 0. The van der Waals surface area contributed by atoms with Crippen LogP contribution in [0.25, 0.3) is 32.5 Å². The highest BCUT2D eigenvalue weighted by Gasteiger charge is 2.35. The molecule has 0 spiro atoms. The van der Waals surface area contributed by atoms with Gasteiger partial charge < -0.3 is 4.57 Å². The summed E-state index contributed by atoms with van der Waals surface area (Å²) in [6.07, 6.45) is -0.777. The number of nitrogens with zero attached hydrogens (tertiary/aromatic N) is 4. The number of hydrogen-bond donors (Lipinski definition) is 0. The number of hydrogen-bond acceptors (Lipinski definition) is 4. The van der Waals surface area contributed by atoms with Crippen LogP contribution in [0.5, 0.6) is 0 Å². The molecule has 5 heterocycles. The fourth-order valence-corrected chi connectivity index (χ4v) is 4.56. The van der Waals surface area contributed by atoms with Crippen molar-refractivity contribution in [2.45, 2.75) is 6.18 Å². The molecular weight excluding hydrogens is 405 g/mol. The fourth-order valence-electron chi connectivity index (χ4n) is 3.03. The molecule has 5 rings (SSSR count). The van der Waals surface area contributed by atoms with E-state index in [4.69, 9.17) is 0 Å². The first-order valence-corrected chi connectivity index (χ1v) is 10.00. The molecule has 0 aliphatic carbocycles. The van der Waals surface area contributed by atoms with Gasteiger partial charge in [-0.15, -0.1) is 22.7 Å². The van der Waals surface area contributed by atoms with Crippen LogP contribution in [0.15, 0.2) is 65.6 Å². The third kappa shape index (κ3) is 2.83. The van der Waals surface area contributed by atoms with Gasteiger partial charge >= 0.3 is 6.18 Å². The molecule has 5 aromatic rings. The zero-order valence-corrected chi connectivity index (χ0v) is 15.7. The Hall–Kier alpha value is -2.91. The van der Waals surface area contributed by atoms with E-state index in [-0.39, 0.29) is 11.3 Å². The van der Waals surface area contributed by atoms with Crippen molar-refractivity contribution in [3.63, 3.8) is 0 Å². The molecule has 0 amide bonds. The van der Waals surface area contributed by atoms with Crippen LogP contribution in [0.2, 0.25) is 0 Å². The Morgan fingerprint density at radius 1 is 0.893 bits per heavy atom. The van der Waals surface area contributed by atoms with Gasteiger partial charge in [-0.2, -0.15) is 18.3 Å². The summed E-state index contributed by atoms with van der Waals surface area (Å²) in [4.78, 5) is 5.89. The van der Waals surface area contributed by atoms with Gasteiger partial charge in [-0.05, 0) is 41.1 Å². The SMILES string of the molecule is FC(F)(F)c1cc(-c2cccs2)nc2cc(-c3sccc3-n3cccc3)nn12. The summed E-state index contributed by atoms with van der Waals surface area (Å²) >= 11 is 2.78. The predicted molar refractivity (Wildman–Crippen MR) is 104 cm³/mol. The third-order valence-corrected chi connectivity index (χ3v) is 6.07. The van der Waals surface area contributed by atoms with Crippen molar-refractivity contribution < 1.29 is 13.2 Å². The van der Waals surface area contributed by atoms with Crippen molar-refractivity contribution >= 4 is 28.3 Å². The zero-order valence-electron chi connectivity index (χ0n) is 14.1. The number of thiophene rings is 2. The average molecular weight is 416 g/mol. The summed E-state index contributed by atoms with van der Waals surface area (Å²) in [7, 11) is 0. The lowest BCUT2D eigenvalue weighted by atomic mass is 10.2. The van der Waals surface area contributed by atoms with Crippen LogP contribution in [0.4, 0.5) is 13.2 Å². The van der Waals surface area contributed by atoms with Gasteiger partial charge in [0.15, 0.2) is 11.3 Å². The third-order valence-electron chi connectivity index (χ3n) is 4.25. The van der Waals surface area contributed by atoms with E-state index in [0.29, 0.717) is 10.6 Å². The molecule has 0 radical (unpaired) electrons. The van der Waals surface area contributed by atoms with E-state index in [9.17, 15) is 13.2 Å². The molecule has 0 bridgehead atoms. The molecule has 0 aliphatic heterocycles. The Bertz CT molecular complexity index is 1250. The van der Waals surface area contributed by atoms with Crippen LogP contribution in [0.1, 0.15) is 5.69 Å². The summed E-state index contributed by atoms with van der Waals surface area (Å²) in [5, 5.41) is 7.95. The minimum atomic E-state index is -4.55. The second-order valence-corrected chi connectivity index (χ2v) is 7.89. The van der Waals surface area contributed by atoms with Gasteiger partial charge in [0.1, 0.15) is 5.69 Å². The quantitative estimate of drug-likeness (QED) is 0.362. The monoisotopic (exact) mass is 416 g/mol. The lowest BCUT2D eigenvalue weighted by Crippen LogP contribution is -2.13. The number of aromatic nitrogens is 4. The molecule has 140 valence electrons. The Labute approximate surface area is 165 Å². The molecule has 0 saturated carbocycles. The van der Waals surface area contributed by atoms with Crippen LogP contribution < -0.4 is 0 Å². The van der Waals surface area contributed by atoms with E-state index in [1.807, 2.05) is 45.9 Å². The first-order chi connectivity index (χ1) is 13.5. The molecular formula is C19H11F3N4S2. The van der Waals surface area contributed by atoms with E-state index >= 15 is 0 Å². The first kappa shape index (κ1) is 17.2. The molecule has 0 aromatic carbocycles. The Morgan fingerprint density at radius 3 is 2.43 bits per heavy atom. The fraction of sp³-hybridized carbons (Fsp3) is 0.0526. The van der Waals surface area contributed by atoms with Crippen LogP contribution in [-0.2, 0) is 6.18 Å². The van der Waals surface area contributed by atoms with Gasteiger partial charge in [0.05, 0.1) is 21.1 Å². The first-order valence-electron chi connectivity index (χ1n) is 8.24. The van der Waals surface area contributed by atoms with Crippen molar-refractivity contribution in [3.8, 4) is 26.8 Å². The Morgan fingerprint density at radius 2 is 1.71 bits per heavy atom. The molecule has 0 unspecified atom stereocenters. The average Bonchev–Trinajstić information content (AvgIpc) is 3.47. The molecule has 0 aliphatic rings. The van der Waals surface area contributed by atoms with E-state index < -0.39 is 11.9 Å². The van der Waals surface area contributed by atoms with E-state index in [0.717, 1.165) is 21.1 Å². The molecule has 28 heavy (non-hydrogen) atoms. The summed E-state index contributed by atoms with van der Waals surface area (Å²) in [6, 6.07) is 11.9. The molecule has 0 fully saturated rings. The van der Waals surface area contributed by atoms with Gasteiger partial charge in [0.2, 0.25) is 0 Å². The van der Waals surface area contributed by atoms with Crippen molar-refractivity contribution in [1.82, 2.24) is 19.2 Å². The van der Waals surface area contributed by atoms with E-state index in [1.54, 1.807) is 18.2 Å². The normalized spacial score (nSPS) is 12.1. The zero-order chi connectivity index (χ0) is 19.3. The van der Waals surface area contributed by atoms with E-state index in [1.165, 1.54) is 22.7 Å². The van der Waals surface area contributed by atoms with Crippen LogP contribution in [-0.4, -0.2) is 19.2 Å². The lowest BCUT2D eigenvalue weighted by Gasteiger charge is -2.10. The van der Waals surface area contributed by atoms with Crippen molar-refractivity contribution in [2.24, 2.45) is 0 Å². The minimum absolute atomic E-state index is 0.167. The highest BCUT2D eigenvalue weighted by Crippen LogP contribution is 2.36. The molecule has 9 heteroatoms. The molecule has 0 N–H and O–H groups in total. The Kier molecular flexibility index (Phi) is 3.88. The second-order valence-electron chi connectivity index (χ2n) is 6.03. The number of fused-ring (bicyclic) bond motifs is 1. The Balaban J connectivity index is 1.73. The largest absolute Gasteiger partial charge is 0.433 e. The smallest absolute Gasteiger partial charge is 0.322 e. The maximum atomic E-state index is 13.7. The van der Waals surface area contributed by atoms with Gasteiger partial charge in [0.25, 0.3) is 0 Å².